The first-order valence-corrected chi connectivity index (χ1v) is 9.88. The van der Waals surface area contributed by atoms with Gasteiger partial charge in [0.2, 0.25) is 0 Å². The van der Waals surface area contributed by atoms with Gasteiger partial charge in [-0.25, -0.2) is 4.98 Å². The summed E-state index contributed by atoms with van der Waals surface area (Å²) in [5, 5.41) is 17.5. The van der Waals surface area contributed by atoms with Gasteiger partial charge in [-0.05, 0) is 41.6 Å². The van der Waals surface area contributed by atoms with Crippen molar-refractivity contribution in [1.29, 1.82) is 0 Å². The van der Waals surface area contributed by atoms with E-state index in [1.807, 2.05) is 12.1 Å². The number of nitrogens with one attached hydrogen (secondary N) is 2. The zero-order chi connectivity index (χ0) is 18.4. The van der Waals surface area contributed by atoms with Gasteiger partial charge in [0.25, 0.3) is 0 Å². The second-order valence-corrected chi connectivity index (χ2v) is 8.27. The number of hydrogen-bond donors (Lipinski definition) is 2. The number of fused-ring (bicyclic) bond motifs is 2. The van der Waals surface area contributed by atoms with Crippen molar-refractivity contribution in [3.05, 3.63) is 54.4 Å². The summed E-state index contributed by atoms with van der Waals surface area (Å²) >= 11 is 1.76. The standard InChI is InChI=1S/C21H19N5S/c1-12(2)9-19-22-21(26-24-19)14-7-8-16-15(10-14)20(25-23-16)18-11-13-5-3-4-6-17(13)27-18/h3-8,10-12H,9H2,1-2H3,(H,23,25)(H,22,24,26). The molecule has 0 saturated carbocycles. The average molecular weight is 373 g/mol. The van der Waals surface area contributed by atoms with Crippen LogP contribution in [-0.2, 0) is 6.42 Å². The molecule has 5 rings (SSSR count). The molecule has 0 radical (unpaired) electrons. The Morgan fingerprint density at radius 3 is 2.74 bits per heavy atom. The maximum Gasteiger partial charge on any atom is 0.181 e. The van der Waals surface area contributed by atoms with E-state index in [1.165, 1.54) is 10.1 Å². The van der Waals surface area contributed by atoms with Crippen LogP contribution in [0.2, 0.25) is 0 Å². The van der Waals surface area contributed by atoms with Crippen molar-refractivity contribution in [3.8, 4) is 22.0 Å². The summed E-state index contributed by atoms with van der Waals surface area (Å²) in [6.45, 7) is 4.36. The summed E-state index contributed by atoms with van der Waals surface area (Å²) in [6.07, 6.45) is 0.897. The van der Waals surface area contributed by atoms with Crippen LogP contribution in [0.1, 0.15) is 19.7 Å². The number of nitrogens with zero attached hydrogens (tertiary/aromatic N) is 3. The summed E-state index contributed by atoms with van der Waals surface area (Å²) in [5.41, 5.74) is 2.99. The minimum atomic E-state index is 0.543. The Morgan fingerprint density at radius 1 is 1.00 bits per heavy atom. The summed E-state index contributed by atoms with van der Waals surface area (Å²) in [4.78, 5) is 5.82. The third kappa shape index (κ3) is 2.92. The summed E-state index contributed by atoms with van der Waals surface area (Å²) in [5.74, 6) is 2.20. The SMILES string of the molecule is CC(C)Cc1nc(-c2ccc3[nH]nc(-c4cc5ccccc5s4)c3c2)n[nH]1. The summed E-state index contributed by atoms with van der Waals surface area (Å²) in [6, 6.07) is 16.8. The molecule has 6 heteroatoms. The molecule has 27 heavy (non-hydrogen) atoms. The number of H-pyrrole nitrogens is 2. The molecule has 0 atom stereocenters. The highest BCUT2D eigenvalue weighted by molar-refractivity contribution is 7.22. The highest BCUT2D eigenvalue weighted by atomic mass is 32.1. The van der Waals surface area contributed by atoms with E-state index in [0.29, 0.717) is 5.92 Å². The molecule has 0 spiro atoms. The zero-order valence-corrected chi connectivity index (χ0v) is 16.0. The zero-order valence-electron chi connectivity index (χ0n) is 15.2. The van der Waals surface area contributed by atoms with Crippen LogP contribution in [0.15, 0.2) is 48.5 Å². The van der Waals surface area contributed by atoms with E-state index in [1.54, 1.807) is 11.3 Å². The molecular formula is C21H19N5S. The molecule has 0 fully saturated rings. The number of aromatic nitrogens is 5. The normalized spacial score (nSPS) is 11.8. The Balaban J connectivity index is 1.59. The fourth-order valence-electron chi connectivity index (χ4n) is 3.34. The van der Waals surface area contributed by atoms with Crippen molar-refractivity contribution in [3.63, 3.8) is 0 Å². The Kier molecular flexibility index (Phi) is 3.79. The molecule has 0 aliphatic heterocycles. The van der Waals surface area contributed by atoms with E-state index >= 15 is 0 Å². The van der Waals surface area contributed by atoms with Gasteiger partial charge < -0.3 is 0 Å². The molecule has 3 heterocycles. The minimum absolute atomic E-state index is 0.543. The smallest absolute Gasteiger partial charge is 0.181 e. The predicted molar refractivity (Wildman–Crippen MR) is 111 cm³/mol. The van der Waals surface area contributed by atoms with Gasteiger partial charge in [-0.1, -0.05) is 32.0 Å². The Bertz CT molecular complexity index is 1210. The largest absolute Gasteiger partial charge is 0.277 e. The number of rotatable bonds is 4. The number of hydrogen-bond acceptors (Lipinski definition) is 4. The molecule has 2 N–H and O–H groups in total. The molecule has 0 aliphatic rings. The van der Waals surface area contributed by atoms with Gasteiger partial charge in [0.1, 0.15) is 11.5 Å². The van der Waals surface area contributed by atoms with Crippen LogP contribution in [0, 0.1) is 5.92 Å². The molecule has 0 unspecified atom stereocenters. The van der Waals surface area contributed by atoms with Crippen molar-refractivity contribution in [1.82, 2.24) is 25.4 Å². The second-order valence-electron chi connectivity index (χ2n) is 7.18. The Labute approximate surface area is 160 Å². The van der Waals surface area contributed by atoms with E-state index < -0.39 is 0 Å². The van der Waals surface area contributed by atoms with Gasteiger partial charge in [0, 0.05) is 22.1 Å². The first-order valence-electron chi connectivity index (χ1n) is 9.06. The highest BCUT2D eigenvalue weighted by Crippen LogP contribution is 2.36. The Morgan fingerprint density at radius 2 is 1.89 bits per heavy atom. The molecule has 0 amide bonds. The first kappa shape index (κ1) is 16.2. The fourth-order valence-corrected chi connectivity index (χ4v) is 4.41. The molecule has 3 aromatic heterocycles. The Hall–Kier alpha value is -2.99. The van der Waals surface area contributed by atoms with Gasteiger partial charge >= 0.3 is 0 Å². The molecule has 5 nitrogen and oxygen atoms in total. The van der Waals surface area contributed by atoms with E-state index in [-0.39, 0.29) is 0 Å². The van der Waals surface area contributed by atoms with Crippen molar-refractivity contribution in [2.45, 2.75) is 20.3 Å². The fraction of sp³-hybridized carbons (Fsp3) is 0.190. The van der Waals surface area contributed by atoms with Crippen LogP contribution >= 0.6 is 11.3 Å². The van der Waals surface area contributed by atoms with Crippen LogP contribution in [0.4, 0.5) is 0 Å². The molecule has 134 valence electrons. The summed E-state index contributed by atoms with van der Waals surface area (Å²) in [7, 11) is 0. The van der Waals surface area contributed by atoms with Crippen molar-refractivity contribution in [2.24, 2.45) is 5.92 Å². The molecular weight excluding hydrogens is 354 g/mol. The van der Waals surface area contributed by atoms with Crippen molar-refractivity contribution < 1.29 is 0 Å². The summed E-state index contributed by atoms with van der Waals surface area (Å²) < 4.78 is 1.27. The third-order valence-corrected chi connectivity index (χ3v) is 5.74. The third-order valence-electron chi connectivity index (χ3n) is 4.61. The minimum Gasteiger partial charge on any atom is -0.277 e. The van der Waals surface area contributed by atoms with Crippen LogP contribution < -0.4 is 0 Å². The lowest BCUT2D eigenvalue weighted by Gasteiger charge is -1.99. The van der Waals surface area contributed by atoms with E-state index in [2.05, 4.69) is 75.6 Å². The molecule has 0 bridgehead atoms. The van der Waals surface area contributed by atoms with Crippen molar-refractivity contribution >= 4 is 32.3 Å². The molecule has 0 saturated heterocycles. The lowest BCUT2D eigenvalue weighted by atomic mass is 10.1. The van der Waals surface area contributed by atoms with E-state index in [9.17, 15) is 0 Å². The van der Waals surface area contributed by atoms with Gasteiger partial charge in [-0.2, -0.15) is 10.2 Å². The molecule has 0 aliphatic carbocycles. The monoisotopic (exact) mass is 373 g/mol. The lowest BCUT2D eigenvalue weighted by molar-refractivity contribution is 0.622. The second kappa shape index (κ2) is 6.32. The first-order chi connectivity index (χ1) is 13.2. The van der Waals surface area contributed by atoms with E-state index in [4.69, 9.17) is 0 Å². The quantitative estimate of drug-likeness (QED) is 0.441. The molecule has 2 aromatic carbocycles. The van der Waals surface area contributed by atoms with Gasteiger partial charge in [-0.15, -0.1) is 11.3 Å². The maximum atomic E-state index is 4.65. The maximum absolute atomic E-state index is 4.65. The average Bonchev–Trinajstić information content (AvgIpc) is 3.37. The van der Waals surface area contributed by atoms with Crippen LogP contribution in [0.3, 0.4) is 0 Å². The number of aromatic amines is 2. The van der Waals surface area contributed by atoms with Gasteiger partial charge in [-0.3, -0.25) is 10.2 Å². The predicted octanol–water partition coefficient (Wildman–Crippen LogP) is 5.43. The number of thiophene rings is 1. The van der Waals surface area contributed by atoms with Crippen LogP contribution in [0.5, 0.6) is 0 Å². The molecule has 5 aromatic rings. The number of benzene rings is 2. The lowest BCUT2D eigenvalue weighted by Crippen LogP contribution is -1.95. The topological polar surface area (TPSA) is 70.2 Å². The highest BCUT2D eigenvalue weighted by Gasteiger charge is 2.14. The van der Waals surface area contributed by atoms with Crippen molar-refractivity contribution in [2.75, 3.05) is 0 Å². The van der Waals surface area contributed by atoms with Gasteiger partial charge in [0.05, 0.1) is 10.4 Å². The van der Waals surface area contributed by atoms with Gasteiger partial charge in [0.15, 0.2) is 5.82 Å². The van der Waals surface area contributed by atoms with Crippen LogP contribution in [-0.4, -0.2) is 25.4 Å². The van der Waals surface area contributed by atoms with Crippen LogP contribution in [0.25, 0.3) is 42.9 Å². The van der Waals surface area contributed by atoms with E-state index in [0.717, 1.165) is 45.1 Å².